The van der Waals surface area contributed by atoms with E-state index in [0.717, 1.165) is 74.4 Å². The molecule has 1 amide bonds. The Morgan fingerprint density at radius 1 is 1.03 bits per heavy atom. The number of aromatic nitrogens is 1. The first-order valence-electron chi connectivity index (χ1n) is 10.8. The second-order valence-electron chi connectivity index (χ2n) is 8.11. The Labute approximate surface area is 173 Å². The summed E-state index contributed by atoms with van der Waals surface area (Å²) in [7, 11) is 1.71. The zero-order chi connectivity index (χ0) is 20.1. The predicted molar refractivity (Wildman–Crippen MR) is 114 cm³/mol. The van der Waals surface area contributed by atoms with E-state index < -0.39 is 0 Å². The number of methoxy groups -OCH3 is 1. The molecule has 3 heterocycles. The van der Waals surface area contributed by atoms with Crippen LogP contribution in [0.4, 0.5) is 0 Å². The zero-order valence-corrected chi connectivity index (χ0v) is 17.3. The molecule has 2 aliphatic rings. The van der Waals surface area contributed by atoms with Gasteiger partial charge in [-0.1, -0.05) is 24.3 Å². The molecule has 29 heavy (non-hydrogen) atoms. The van der Waals surface area contributed by atoms with Crippen LogP contribution in [-0.2, 0) is 11.2 Å². The molecule has 0 saturated carbocycles. The van der Waals surface area contributed by atoms with E-state index >= 15 is 0 Å². The summed E-state index contributed by atoms with van der Waals surface area (Å²) in [6, 6.07) is 14.6. The summed E-state index contributed by atoms with van der Waals surface area (Å²) in [5, 5.41) is 0. The Balaban J connectivity index is 1.46. The topological polar surface area (TPSA) is 45.7 Å². The van der Waals surface area contributed by atoms with Crippen LogP contribution >= 0.6 is 0 Å². The molecular weight excluding hydrogens is 362 g/mol. The number of carbonyl (C=O) groups excluding carboxylic acids is 1. The highest BCUT2D eigenvalue weighted by atomic mass is 16.5. The number of piperidine rings is 1. The SMILES string of the molecule is COc1ccccc1Cc1cccc(C2CCCN2CC(=O)N2CCCCC2)n1. The number of carbonyl (C=O) groups is 1. The van der Waals surface area contributed by atoms with Gasteiger partial charge in [-0.15, -0.1) is 0 Å². The maximum atomic E-state index is 12.8. The summed E-state index contributed by atoms with van der Waals surface area (Å²) in [5.41, 5.74) is 3.27. The van der Waals surface area contributed by atoms with Crippen molar-refractivity contribution in [3.63, 3.8) is 0 Å². The van der Waals surface area contributed by atoms with Crippen LogP contribution in [-0.4, -0.2) is 54.0 Å². The van der Waals surface area contributed by atoms with Gasteiger partial charge in [0.15, 0.2) is 0 Å². The van der Waals surface area contributed by atoms with Crippen LogP contribution in [0.1, 0.15) is 55.1 Å². The molecule has 154 valence electrons. The highest BCUT2D eigenvalue weighted by Crippen LogP contribution is 2.31. The monoisotopic (exact) mass is 393 g/mol. The first kappa shape index (κ1) is 19.9. The van der Waals surface area contributed by atoms with Gasteiger partial charge in [-0.3, -0.25) is 14.7 Å². The lowest BCUT2D eigenvalue weighted by atomic mass is 10.1. The molecule has 0 spiro atoms. The van der Waals surface area contributed by atoms with E-state index in [-0.39, 0.29) is 11.9 Å². The van der Waals surface area contributed by atoms with E-state index in [4.69, 9.17) is 9.72 Å². The van der Waals surface area contributed by atoms with Crippen molar-refractivity contribution in [3.8, 4) is 5.75 Å². The number of ether oxygens (including phenoxy) is 1. The lowest BCUT2D eigenvalue weighted by Crippen LogP contribution is -2.42. The van der Waals surface area contributed by atoms with E-state index in [2.05, 4.69) is 29.2 Å². The second kappa shape index (κ2) is 9.40. The number of pyridine rings is 1. The van der Waals surface area contributed by atoms with Crippen molar-refractivity contribution in [1.82, 2.24) is 14.8 Å². The van der Waals surface area contributed by atoms with Crippen molar-refractivity contribution < 1.29 is 9.53 Å². The minimum Gasteiger partial charge on any atom is -0.496 e. The molecule has 1 atom stereocenters. The molecule has 1 unspecified atom stereocenters. The van der Waals surface area contributed by atoms with Crippen LogP contribution in [0.15, 0.2) is 42.5 Å². The molecule has 4 rings (SSSR count). The maximum absolute atomic E-state index is 12.8. The lowest BCUT2D eigenvalue weighted by molar-refractivity contribution is -0.133. The lowest BCUT2D eigenvalue weighted by Gasteiger charge is -2.30. The van der Waals surface area contributed by atoms with E-state index in [1.54, 1.807) is 7.11 Å². The van der Waals surface area contributed by atoms with Gasteiger partial charge in [0.05, 0.1) is 25.4 Å². The van der Waals surface area contributed by atoms with Gasteiger partial charge in [0.25, 0.3) is 0 Å². The Bertz CT molecular complexity index is 832. The second-order valence-corrected chi connectivity index (χ2v) is 8.11. The van der Waals surface area contributed by atoms with Crippen molar-refractivity contribution in [2.45, 2.75) is 44.6 Å². The Hall–Kier alpha value is -2.40. The smallest absolute Gasteiger partial charge is 0.236 e. The first-order chi connectivity index (χ1) is 14.2. The average molecular weight is 394 g/mol. The largest absolute Gasteiger partial charge is 0.496 e. The quantitative estimate of drug-likeness (QED) is 0.748. The number of rotatable bonds is 6. The summed E-state index contributed by atoms with van der Waals surface area (Å²) >= 11 is 0. The molecule has 2 saturated heterocycles. The van der Waals surface area contributed by atoms with Crippen molar-refractivity contribution in [3.05, 3.63) is 59.4 Å². The van der Waals surface area contributed by atoms with Crippen molar-refractivity contribution in [2.24, 2.45) is 0 Å². The first-order valence-corrected chi connectivity index (χ1v) is 10.8. The minimum absolute atomic E-state index is 0.237. The van der Waals surface area contributed by atoms with Gasteiger partial charge in [0.1, 0.15) is 5.75 Å². The summed E-state index contributed by atoms with van der Waals surface area (Å²) in [6.45, 7) is 3.33. The summed E-state index contributed by atoms with van der Waals surface area (Å²) in [5.74, 6) is 1.18. The summed E-state index contributed by atoms with van der Waals surface area (Å²) in [6.07, 6.45) is 6.47. The fraction of sp³-hybridized carbons (Fsp3) is 0.500. The van der Waals surface area contributed by atoms with E-state index in [0.29, 0.717) is 6.54 Å². The number of hydrogen-bond acceptors (Lipinski definition) is 4. The number of likely N-dealkylation sites (tertiary alicyclic amines) is 2. The van der Waals surface area contributed by atoms with Crippen LogP contribution in [0.2, 0.25) is 0 Å². The zero-order valence-electron chi connectivity index (χ0n) is 17.3. The standard InChI is InChI=1S/C24H31N3O2/c1-29-23-13-4-3-9-19(23)17-20-10-7-11-21(25-20)22-12-8-16-27(22)18-24(28)26-14-5-2-6-15-26/h3-4,7,9-11,13,22H,2,5-6,8,12,14-18H2,1H3. The third kappa shape index (κ3) is 4.78. The van der Waals surface area contributed by atoms with Gasteiger partial charge < -0.3 is 9.64 Å². The molecule has 0 radical (unpaired) electrons. The van der Waals surface area contributed by atoms with E-state index in [1.807, 2.05) is 23.1 Å². The molecule has 2 aliphatic heterocycles. The van der Waals surface area contributed by atoms with Crippen LogP contribution in [0.5, 0.6) is 5.75 Å². The van der Waals surface area contributed by atoms with Gasteiger partial charge in [0, 0.05) is 30.8 Å². The molecule has 2 fully saturated rings. The molecule has 0 aliphatic carbocycles. The molecule has 0 bridgehead atoms. The van der Waals surface area contributed by atoms with Crippen molar-refractivity contribution >= 4 is 5.91 Å². The third-order valence-electron chi connectivity index (χ3n) is 6.14. The molecular formula is C24H31N3O2. The third-order valence-corrected chi connectivity index (χ3v) is 6.14. The van der Waals surface area contributed by atoms with Gasteiger partial charge >= 0.3 is 0 Å². The van der Waals surface area contributed by atoms with Crippen LogP contribution < -0.4 is 4.74 Å². The molecule has 2 aromatic rings. The summed E-state index contributed by atoms with van der Waals surface area (Å²) in [4.78, 5) is 22.1. The molecule has 5 nitrogen and oxygen atoms in total. The maximum Gasteiger partial charge on any atom is 0.236 e. The van der Waals surface area contributed by atoms with Gasteiger partial charge in [-0.2, -0.15) is 0 Å². The van der Waals surface area contributed by atoms with Crippen molar-refractivity contribution in [1.29, 1.82) is 0 Å². The highest BCUT2D eigenvalue weighted by Gasteiger charge is 2.30. The average Bonchev–Trinajstić information content (AvgIpc) is 3.23. The van der Waals surface area contributed by atoms with Crippen LogP contribution in [0.3, 0.4) is 0 Å². The number of hydrogen-bond donors (Lipinski definition) is 0. The molecule has 5 heteroatoms. The molecule has 1 aromatic carbocycles. The predicted octanol–water partition coefficient (Wildman–Crippen LogP) is 3.83. The van der Waals surface area contributed by atoms with Gasteiger partial charge in [0.2, 0.25) is 5.91 Å². The Morgan fingerprint density at radius 3 is 2.69 bits per heavy atom. The molecule has 0 N–H and O–H groups in total. The highest BCUT2D eigenvalue weighted by molar-refractivity contribution is 5.78. The number of nitrogens with zero attached hydrogens (tertiary/aromatic N) is 3. The fourth-order valence-electron chi connectivity index (χ4n) is 4.59. The normalized spacial score (nSPS) is 20.0. The molecule has 1 aromatic heterocycles. The van der Waals surface area contributed by atoms with Gasteiger partial charge in [-0.25, -0.2) is 0 Å². The van der Waals surface area contributed by atoms with E-state index in [9.17, 15) is 4.79 Å². The van der Waals surface area contributed by atoms with Gasteiger partial charge in [-0.05, 0) is 56.8 Å². The Morgan fingerprint density at radius 2 is 1.86 bits per heavy atom. The number of para-hydroxylation sites is 1. The summed E-state index contributed by atoms with van der Waals surface area (Å²) < 4.78 is 5.49. The van der Waals surface area contributed by atoms with E-state index in [1.165, 1.54) is 6.42 Å². The fourth-order valence-corrected chi connectivity index (χ4v) is 4.59. The van der Waals surface area contributed by atoms with Crippen LogP contribution in [0.25, 0.3) is 0 Å². The van der Waals surface area contributed by atoms with Crippen LogP contribution in [0, 0.1) is 0 Å². The minimum atomic E-state index is 0.237. The number of amides is 1. The van der Waals surface area contributed by atoms with Crippen molar-refractivity contribution in [2.75, 3.05) is 33.3 Å². The Kier molecular flexibility index (Phi) is 6.45. The number of benzene rings is 1.